The van der Waals surface area contributed by atoms with Crippen LogP contribution in [-0.4, -0.2) is 27.7 Å². The Hall–Kier alpha value is -1.91. The van der Waals surface area contributed by atoms with Crippen molar-refractivity contribution in [1.29, 1.82) is 0 Å². The summed E-state index contributed by atoms with van der Waals surface area (Å²) in [7, 11) is 4.52. The molecule has 1 N–H and O–H groups in total. The number of nitrogens with one attached hydrogen (secondary N) is 1. The van der Waals surface area contributed by atoms with E-state index in [9.17, 15) is 4.79 Å². The van der Waals surface area contributed by atoms with Gasteiger partial charge in [0.15, 0.2) is 11.5 Å². The quantitative estimate of drug-likeness (QED) is 0.742. The average Bonchev–Trinajstić information content (AvgIpc) is 2.28. The molecule has 0 bridgehead atoms. The predicted octanol–water partition coefficient (Wildman–Crippen LogP) is 1.19. The Morgan fingerprint density at radius 3 is 1.93 bits per heavy atom. The maximum Gasteiger partial charge on any atom is 0.314 e. The zero-order valence-corrected chi connectivity index (χ0v) is 8.79. The summed E-state index contributed by atoms with van der Waals surface area (Å²) >= 11 is 0. The van der Waals surface area contributed by atoms with Crippen LogP contribution < -0.4 is 19.5 Å². The number of methoxy groups -OCH3 is 3. The van der Waals surface area contributed by atoms with Gasteiger partial charge < -0.3 is 19.5 Å². The molecule has 0 heterocycles. The van der Waals surface area contributed by atoms with E-state index in [1.54, 1.807) is 18.5 Å². The van der Waals surface area contributed by atoms with E-state index in [-0.39, 0.29) is 0 Å². The highest BCUT2D eigenvalue weighted by atomic mass is 16.5. The van der Waals surface area contributed by atoms with Crippen LogP contribution in [0.25, 0.3) is 0 Å². The standard InChI is InChI=1S/C10H12NO4/c1-13-8-4-7(11-6-12)5-9(14-2)10(8)15-3/h4-5H,1-3H3,(H,11,12). The van der Waals surface area contributed by atoms with E-state index in [0.717, 1.165) is 0 Å². The molecule has 1 aromatic carbocycles. The first kappa shape index (κ1) is 11.2. The van der Waals surface area contributed by atoms with Gasteiger partial charge in [-0.05, 0) is 0 Å². The van der Waals surface area contributed by atoms with Crippen LogP contribution in [0.1, 0.15) is 0 Å². The fourth-order valence-corrected chi connectivity index (χ4v) is 1.21. The molecule has 5 nitrogen and oxygen atoms in total. The SMILES string of the molecule is COc1cc(N[C]=O)cc(OC)c1OC. The fourth-order valence-electron chi connectivity index (χ4n) is 1.21. The largest absolute Gasteiger partial charge is 0.493 e. The average molecular weight is 210 g/mol. The third-order valence-electron chi connectivity index (χ3n) is 1.86. The van der Waals surface area contributed by atoms with Gasteiger partial charge in [-0.2, -0.15) is 0 Å². The van der Waals surface area contributed by atoms with Crippen LogP contribution in [0.3, 0.4) is 0 Å². The lowest BCUT2D eigenvalue weighted by molar-refractivity contribution is 0.324. The second-order valence-electron chi connectivity index (χ2n) is 2.64. The Labute approximate surface area is 87.9 Å². The van der Waals surface area contributed by atoms with Gasteiger partial charge in [-0.15, -0.1) is 0 Å². The zero-order chi connectivity index (χ0) is 11.3. The third-order valence-corrected chi connectivity index (χ3v) is 1.86. The van der Waals surface area contributed by atoms with Crippen molar-refractivity contribution in [3.8, 4) is 17.2 Å². The van der Waals surface area contributed by atoms with Crippen molar-refractivity contribution in [1.82, 2.24) is 0 Å². The molecular formula is C10H12NO4. The van der Waals surface area contributed by atoms with Crippen molar-refractivity contribution in [3.05, 3.63) is 12.1 Å². The number of benzene rings is 1. The first-order valence-corrected chi connectivity index (χ1v) is 4.20. The van der Waals surface area contributed by atoms with E-state index >= 15 is 0 Å². The number of rotatable bonds is 5. The maximum atomic E-state index is 10.2. The molecule has 0 atom stereocenters. The minimum absolute atomic E-state index is 0.481. The van der Waals surface area contributed by atoms with Crippen LogP contribution in [-0.2, 0) is 4.79 Å². The molecule has 1 aromatic rings. The highest BCUT2D eigenvalue weighted by molar-refractivity contribution is 5.75. The summed E-state index contributed by atoms with van der Waals surface area (Å²) in [4.78, 5) is 10.2. The Balaban J connectivity index is 3.22. The summed E-state index contributed by atoms with van der Waals surface area (Å²) in [6.45, 7) is 0. The highest BCUT2D eigenvalue weighted by Crippen LogP contribution is 2.39. The van der Waals surface area contributed by atoms with Gasteiger partial charge in [0.2, 0.25) is 5.75 Å². The summed E-state index contributed by atoms with van der Waals surface area (Å²) in [5.41, 5.74) is 0.527. The van der Waals surface area contributed by atoms with Crippen molar-refractivity contribution >= 4 is 12.1 Å². The number of ether oxygens (including phenoxy) is 3. The monoisotopic (exact) mass is 210 g/mol. The third kappa shape index (κ3) is 2.31. The molecule has 5 heteroatoms. The van der Waals surface area contributed by atoms with E-state index in [0.29, 0.717) is 22.9 Å². The van der Waals surface area contributed by atoms with Crippen LogP contribution in [0, 0.1) is 0 Å². The van der Waals surface area contributed by atoms with Crippen LogP contribution in [0.5, 0.6) is 17.2 Å². The lowest BCUT2D eigenvalue weighted by Gasteiger charge is -2.13. The van der Waals surface area contributed by atoms with E-state index in [1.165, 1.54) is 21.3 Å². The molecular weight excluding hydrogens is 198 g/mol. The molecule has 0 aliphatic heterocycles. The van der Waals surface area contributed by atoms with Gasteiger partial charge >= 0.3 is 6.41 Å². The molecule has 15 heavy (non-hydrogen) atoms. The Kier molecular flexibility index (Phi) is 3.79. The molecule has 1 rings (SSSR count). The molecule has 1 radical (unpaired) electrons. The summed E-state index contributed by atoms with van der Waals surface area (Å²) in [6, 6.07) is 3.23. The number of hydrogen-bond donors (Lipinski definition) is 1. The topological polar surface area (TPSA) is 56.8 Å². The molecule has 0 fully saturated rings. The van der Waals surface area contributed by atoms with Crippen molar-refractivity contribution in [2.45, 2.75) is 0 Å². The lowest BCUT2D eigenvalue weighted by atomic mass is 10.2. The van der Waals surface area contributed by atoms with Crippen molar-refractivity contribution in [2.75, 3.05) is 26.6 Å². The maximum absolute atomic E-state index is 10.2. The van der Waals surface area contributed by atoms with E-state index in [2.05, 4.69) is 5.32 Å². The molecule has 0 unspecified atom stereocenters. The molecule has 0 aliphatic rings. The number of carbonyl (C=O) groups excluding carboxylic acids is 1. The van der Waals surface area contributed by atoms with Crippen LogP contribution >= 0.6 is 0 Å². The minimum atomic E-state index is 0.481. The van der Waals surface area contributed by atoms with Crippen molar-refractivity contribution in [3.63, 3.8) is 0 Å². The number of amides is 1. The molecule has 0 saturated carbocycles. The van der Waals surface area contributed by atoms with E-state index in [4.69, 9.17) is 14.2 Å². The molecule has 0 aromatic heterocycles. The van der Waals surface area contributed by atoms with Gasteiger partial charge in [0, 0.05) is 17.8 Å². The van der Waals surface area contributed by atoms with Gasteiger partial charge in [-0.25, -0.2) is 0 Å². The van der Waals surface area contributed by atoms with Gasteiger partial charge in [0.05, 0.1) is 21.3 Å². The Morgan fingerprint density at radius 1 is 1.07 bits per heavy atom. The zero-order valence-electron chi connectivity index (χ0n) is 8.79. The molecule has 0 saturated heterocycles. The van der Waals surface area contributed by atoms with Crippen LogP contribution in [0.15, 0.2) is 12.1 Å². The predicted molar refractivity (Wildman–Crippen MR) is 55.4 cm³/mol. The van der Waals surface area contributed by atoms with E-state index in [1.807, 2.05) is 0 Å². The highest BCUT2D eigenvalue weighted by Gasteiger charge is 2.12. The lowest BCUT2D eigenvalue weighted by Crippen LogP contribution is -1.99. The summed E-state index contributed by atoms with van der Waals surface area (Å²) in [5, 5.41) is 2.39. The van der Waals surface area contributed by atoms with Gasteiger partial charge in [0.25, 0.3) is 0 Å². The first-order valence-electron chi connectivity index (χ1n) is 4.20. The van der Waals surface area contributed by atoms with Gasteiger partial charge in [-0.1, -0.05) is 0 Å². The molecule has 81 valence electrons. The fraction of sp³-hybridized carbons (Fsp3) is 0.300. The Bertz CT molecular complexity index is 326. The number of anilines is 1. The number of hydrogen-bond acceptors (Lipinski definition) is 4. The second-order valence-corrected chi connectivity index (χ2v) is 2.64. The van der Waals surface area contributed by atoms with Crippen molar-refractivity contribution < 1.29 is 19.0 Å². The molecule has 1 amide bonds. The smallest absolute Gasteiger partial charge is 0.314 e. The molecule has 0 aliphatic carbocycles. The van der Waals surface area contributed by atoms with E-state index < -0.39 is 0 Å². The van der Waals surface area contributed by atoms with Crippen LogP contribution in [0.4, 0.5) is 5.69 Å². The summed E-state index contributed by atoms with van der Waals surface area (Å²) in [5.74, 6) is 1.45. The minimum Gasteiger partial charge on any atom is -0.493 e. The normalized spacial score (nSPS) is 9.27. The van der Waals surface area contributed by atoms with Gasteiger partial charge in [-0.3, -0.25) is 4.79 Å². The molecule has 0 spiro atoms. The summed E-state index contributed by atoms with van der Waals surface area (Å²) in [6.07, 6.45) is 1.57. The second kappa shape index (κ2) is 5.09. The van der Waals surface area contributed by atoms with Crippen LogP contribution in [0.2, 0.25) is 0 Å². The Morgan fingerprint density at radius 2 is 1.60 bits per heavy atom. The summed E-state index contributed by atoms with van der Waals surface area (Å²) < 4.78 is 15.3. The van der Waals surface area contributed by atoms with Gasteiger partial charge in [0.1, 0.15) is 0 Å². The first-order chi connectivity index (χ1) is 7.26. The van der Waals surface area contributed by atoms with Crippen molar-refractivity contribution in [2.24, 2.45) is 0 Å².